The summed E-state index contributed by atoms with van der Waals surface area (Å²) >= 11 is 1.34. The van der Waals surface area contributed by atoms with Gasteiger partial charge in [0.05, 0.1) is 22.7 Å². The number of nitrogens with zero attached hydrogens (tertiary/aromatic N) is 2. The minimum Gasteiger partial charge on any atom is -0.488 e. The molecule has 1 fully saturated rings. The highest BCUT2D eigenvalue weighted by molar-refractivity contribution is 8.18. The molecule has 1 N–H and O–H groups in total. The van der Waals surface area contributed by atoms with Crippen molar-refractivity contribution in [3.05, 3.63) is 136 Å². The Bertz CT molecular complexity index is 1500. The SMILES string of the molecule is O=C(O)c1ccc(COc2ccccc2/C=C2\SC(=Nc3ccccc3)N(Cc3ccccc3)C2=O)cc1. The Hall–Kier alpha value is -4.62. The van der Waals surface area contributed by atoms with Crippen LogP contribution >= 0.6 is 11.8 Å². The number of benzene rings is 4. The van der Waals surface area contributed by atoms with Gasteiger partial charge in [0, 0.05) is 5.56 Å². The Labute approximate surface area is 224 Å². The fourth-order valence-electron chi connectivity index (χ4n) is 3.89. The van der Waals surface area contributed by atoms with Crippen LogP contribution in [-0.2, 0) is 17.9 Å². The summed E-state index contributed by atoms with van der Waals surface area (Å²) in [4.78, 5) is 31.7. The van der Waals surface area contributed by atoms with Crippen LogP contribution in [0.15, 0.2) is 119 Å². The van der Waals surface area contributed by atoms with Crippen LogP contribution in [0.4, 0.5) is 5.69 Å². The Morgan fingerprint density at radius 2 is 1.50 bits per heavy atom. The summed E-state index contributed by atoms with van der Waals surface area (Å²) in [5.41, 5.74) is 3.63. The number of thioether (sulfide) groups is 1. The number of carboxylic acid groups (broad SMARTS) is 1. The van der Waals surface area contributed by atoms with E-state index >= 15 is 0 Å². The van der Waals surface area contributed by atoms with Gasteiger partial charge in [-0.15, -0.1) is 0 Å². The first-order chi connectivity index (χ1) is 18.6. The third kappa shape index (κ3) is 6.02. The van der Waals surface area contributed by atoms with Crippen molar-refractivity contribution in [1.29, 1.82) is 0 Å². The molecule has 1 saturated heterocycles. The van der Waals surface area contributed by atoms with Crippen LogP contribution in [0.2, 0.25) is 0 Å². The van der Waals surface area contributed by atoms with Gasteiger partial charge in [0.2, 0.25) is 0 Å². The second-order valence-electron chi connectivity index (χ2n) is 8.55. The molecule has 1 aliphatic rings. The summed E-state index contributed by atoms with van der Waals surface area (Å²) in [6.07, 6.45) is 1.83. The number of amidine groups is 1. The number of hydrogen-bond acceptors (Lipinski definition) is 5. The molecule has 0 aromatic heterocycles. The van der Waals surface area contributed by atoms with Crippen molar-refractivity contribution in [2.75, 3.05) is 0 Å². The molecule has 1 amide bonds. The van der Waals surface area contributed by atoms with Gasteiger partial charge in [0.1, 0.15) is 12.4 Å². The van der Waals surface area contributed by atoms with E-state index in [2.05, 4.69) is 0 Å². The minimum absolute atomic E-state index is 0.118. The highest BCUT2D eigenvalue weighted by Crippen LogP contribution is 2.36. The highest BCUT2D eigenvalue weighted by Gasteiger charge is 2.33. The molecule has 6 nitrogen and oxygen atoms in total. The number of carboxylic acids is 1. The van der Waals surface area contributed by atoms with E-state index in [1.807, 2.05) is 91.0 Å². The number of aromatic carboxylic acids is 1. The largest absolute Gasteiger partial charge is 0.488 e. The van der Waals surface area contributed by atoms with Crippen molar-refractivity contribution in [3.63, 3.8) is 0 Å². The zero-order valence-electron chi connectivity index (χ0n) is 20.4. The molecular formula is C31H24N2O4S. The van der Waals surface area contributed by atoms with E-state index in [0.29, 0.717) is 22.4 Å². The number of ether oxygens (including phenoxy) is 1. The molecule has 0 spiro atoms. The van der Waals surface area contributed by atoms with E-state index in [-0.39, 0.29) is 18.1 Å². The second-order valence-corrected chi connectivity index (χ2v) is 9.56. The van der Waals surface area contributed by atoms with Gasteiger partial charge in [-0.05, 0) is 59.3 Å². The zero-order chi connectivity index (χ0) is 26.3. The molecule has 0 radical (unpaired) electrons. The van der Waals surface area contributed by atoms with E-state index < -0.39 is 5.97 Å². The van der Waals surface area contributed by atoms with Crippen molar-refractivity contribution >= 4 is 40.6 Å². The van der Waals surface area contributed by atoms with E-state index in [1.165, 1.54) is 11.8 Å². The van der Waals surface area contributed by atoms with Gasteiger partial charge in [0.25, 0.3) is 5.91 Å². The first-order valence-corrected chi connectivity index (χ1v) is 12.8. The van der Waals surface area contributed by atoms with Gasteiger partial charge in [-0.3, -0.25) is 9.69 Å². The highest BCUT2D eigenvalue weighted by atomic mass is 32.2. The fourth-order valence-corrected chi connectivity index (χ4v) is 4.88. The lowest BCUT2D eigenvalue weighted by atomic mass is 10.1. The third-order valence-electron chi connectivity index (χ3n) is 5.85. The van der Waals surface area contributed by atoms with Crippen LogP contribution in [0.25, 0.3) is 6.08 Å². The van der Waals surface area contributed by atoms with Gasteiger partial charge < -0.3 is 9.84 Å². The monoisotopic (exact) mass is 520 g/mol. The molecule has 5 rings (SSSR count). The molecule has 38 heavy (non-hydrogen) atoms. The normalized spacial score (nSPS) is 15.3. The molecular weight excluding hydrogens is 496 g/mol. The summed E-state index contributed by atoms with van der Waals surface area (Å²) in [7, 11) is 0. The lowest BCUT2D eigenvalue weighted by molar-refractivity contribution is -0.122. The molecule has 188 valence electrons. The fraction of sp³-hybridized carbons (Fsp3) is 0.0645. The van der Waals surface area contributed by atoms with E-state index in [4.69, 9.17) is 14.8 Å². The van der Waals surface area contributed by atoms with Gasteiger partial charge in [-0.25, -0.2) is 9.79 Å². The number of carbonyl (C=O) groups excluding carboxylic acids is 1. The average molecular weight is 521 g/mol. The number of carbonyl (C=O) groups is 2. The number of amides is 1. The zero-order valence-corrected chi connectivity index (χ0v) is 21.2. The Morgan fingerprint density at radius 3 is 2.21 bits per heavy atom. The topological polar surface area (TPSA) is 79.2 Å². The van der Waals surface area contributed by atoms with Crippen LogP contribution in [0.1, 0.15) is 27.0 Å². The third-order valence-corrected chi connectivity index (χ3v) is 6.86. The lowest BCUT2D eigenvalue weighted by Crippen LogP contribution is -2.28. The summed E-state index contributed by atoms with van der Waals surface area (Å²) < 4.78 is 6.06. The minimum atomic E-state index is -0.968. The predicted molar refractivity (Wildman–Crippen MR) is 150 cm³/mol. The van der Waals surface area contributed by atoms with E-state index in [9.17, 15) is 9.59 Å². The predicted octanol–water partition coefficient (Wildman–Crippen LogP) is 6.77. The Kier molecular flexibility index (Phi) is 7.66. The van der Waals surface area contributed by atoms with E-state index in [1.54, 1.807) is 29.2 Å². The van der Waals surface area contributed by atoms with Gasteiger partial charge in [0.15, 0.2) is 5.17 Å². The van der Waals surface area contributed by atoms with Crippen LogP contribution in [-0.4, -0.2) is 27.1 Å². The van der Waals surface area contributed by atoms with Gasteiger partial charge in [-0.2, -0.15) is 0 Å². The second kappa shape index (κ2) is 11.6. The van der Waals surface area contributed by atoms with Crippen LogP contribution in [0.3, 0.4) is 0 Å². The van der Waals surface area contributed by atoms with Crippen molar-refractivity contribution in [1.82, 2.24) is 4.90 Å². The smallest absolute Gasteiger partial charge is 0.335 e. The standard InChI is InChI=1S/C31H24N2O4S/c34-29-28(19-25-11-7-8-14-27(25)37-21-23-15-17-24(18-16-23)30(35)36)38-31(32-26-12-5-2-6-13-26)33(29)20-22-9-3-1-4-10-22/h1-19H,20-21H2,(H,35,36)/b28-19-,32-31?. The van der Waals surface area contributed by atoms with Crippen LogP contribution in [0.5, 0.6) is 5.75 Å². The summed E-state index contributed by atoms with van der Waals surface area (Å²) in [5, 5.41) is 9.72. The summed E-state index contributed by atoms with van der Waals surface area (Å²) in [6.45, 7) is 0.683. The van der Waals surface area contributed by atoms with Gasteiger partial charge in [-0.1, -0.05) is 78.9 Å². The maximum absolute atomic E-state index is 13.6. The van der Waals surface area contributed by atoms with Crippen molar-refractivity contribution in [3.8, 4) is 5.75 Å². The maximum atomic E-state index is 13.6. The van der Waals surface area contributed by atoms with Crippen LogP contribution < -0.4 is 4.74 Å². The summed E-state index contributed by atoms with van der Waals surface area (Å²) in [5.74, 6) is -0.462. The van der Waals surface area contributed by atoms with Crippen molar-refractivity contribution in [2.24, 2.45) is 4.99 Å². The molecule has 0 atom stereocenters. The molecule has 0 saturated carbocycles. The van der Waals surface area contributed by atoms with Crippen molar-refractivity contribution in [2.45, 2.75) is 13.2 Å². The molecule has 0 aliphatic carbocycles. The molecule has 0 unspecified atom stereocenters. The average Bonchev–Trinajstić information content (AvgIpc) is 3.22. The molecule has 1 heterocycles. The molecule has 4 aromatic carbocycles. The van der Waals surface area contributed by atoms with Gasteiger partial charge >= 0.3 is 5.97 Å². The number of para-hydroxylation sites is 2. The molecule has 1 aliphatic heterocycles. The maximum Gasteiger partial charge on any atom is 0.335 e. The van der Waals surface area contributed by atoms with Crippen LogP contribution in [0, 0.1) is 0 Å². The molecule has 0 bridgehead atoms. The first kappa shape index (κ1) is 25.0. The summed E-state index contributed by atoms with van der Waals surface area (Å²) in [6, 6.07) is 33.5. The number of rotatable bonds is 8. The quantitative estimate of drug-likeness (QED) is 0.260. The lowest BCUT2D eigenvalue weighted by Gasteiger charge is -2.15. The number of aliphatic imine (C=N–C) groups is 1. The Balaban J connectivity index is 1.40. The van der Waals surface area contributed by atoms with E-state index in [0.717, 1.165) is 22.4 Å². The molecule has 7 heteroatoms. The number of hydrogen-bond donors (Lipinski definition) is 1. The first-order valence-electron chi connectivity index (χ1n) is 12.0. The Morgan fingerprint density at radius 1 is 0.842 bits per heavy atom. The molecule has 4 aromatic rings. The van der Waals surface area contributed by atoms with Crippen molar-refractivity contribution < 1.29 is 19.4 Å².